The zero-order valence-electron chi connectivity index (χ0n) is 21.7. The van der Waals surface area contributed by atoms with Gasteiger partial charge in [-0.15, -0.1) is 0 Å². The van der Waals surface area contributed by atoms with E-state index in [4.69, 9.17) is 2.74 Å². The molecule has 5 rings (SSSR count). The summed E-state index contributed by atoms with van der Waals surface area (Å²) < 4.78 is 19.5. The Labute approximate surface area is 195 Å². The number of pyridine rings is 1. The van der Waals surface area contributed by atoms with Crippen LogP contribution in [0.15, 0.2) is 72.9 Å². The van der Waals surface area contributed by atoms with E-state index in [2.05, 4.69) is 81.4 Å². The first-order valence-corrected chi connectivity index (χ1v) is 12.0. The minimum Gasteiger partial charge on any atom is -0.200 e. The monoisotopic (exact) mass is 422 g/mol. The molecule has 0 radical (unpaired) electrons. The van der Waals surface area contributed by atoms with Crippen molar-refractivity contribution < 1.29 is 7.31 Å². The third-order valence-electron chi connectivity index (χ3n) is 7.25. The lowest BCUT2D eigenvalue weighted by Gasteiger charge is -2.18. The van der Waals surface area contributed by atoms with Crippen LogP contribution >= 0.6 is 0 Å². The van der Waals surface area contributed by atoms with Gasteiger partial charge in [-0.25, -0.2) is 4.57 Å². The predicted octanol–water partition coefficient (Wildman–Crippen LogP) is 8.09. The van der Waals surface area contributed by atoms with E-state index in [0.29, 0.717) is 17.9 Å². The van der Waals surface area contributed by atoms with Crippen molar-refractivity contribution in [1.29, 1.82) is 0 Å². The number of hydrogen-bond acceptors (Lipinski definition) is 0. The molecule has 0 unspecified atom stereocenters. The van der Waals surface area contributed by atoms with Crippen LogP contribution in [-0.2, 0) is 7.05 Å². The Kier molecular flexibility index (Phi) is 4.97. The Balaban J connectivity index is 1.81. The Hall–Kier alpha value is -2.93. The molecule has 1 fully saturated rings. The van der Waals surface area contributed by atoms with Gasteiger partial charge in [-0.3, -0.25) is 0 Å². The normalized spacial score (nSPS) is 15.4. The molecule has 0 N–H and O–H groups in total. The number of benzene rings is 3. The van der Waals surface area contributed by atoms with E-state index in [1.165, 1.54) is 53.5 Å². The summed E-state index contributed by atoms with van der Waals surface area (Å²) in [6, 6.07) is 22.1. The van der Waals surface area contributed by atoms with Gasteiger partial charge in [-0.05, 0) is 76.9 Å². The highest BCUT2D eigenvalue weighted by molar-refractivity contribution is 5.95. The lowest BCUT2D eigenvalue weighted by Crippen LogP contribution is -2.31. The highest BCUT2D eigenvalue weighted by Crippen LogP contribution is 2.39. The summed E-state index contributed by atoms with van der Waals surface area (Å²) in [5.41, 5.74) is 8.49. The third-order valence-corrected chi connectivity index (χ3v) is 7.25. The number of nitrogens with zero attached hydrogens (tertiary/aromatic N) is 1. The van der Waals surface area contributed by atoms with Gasteiger partial charge >= 0.3 is 0 Å². The minimum absolute atomic E-state index is 0.265. The van der Waals surface area contributed by atoms with E-state index in [9.17, 15) is 0 Å². The second kappa shape index (κ2) is 8.54. The molecule has 162 valence electrons. The molecule has 1 aliphatic rings. The van der Waals surface area contributed by atoms with Gasteiger partial charge in [0.25, 0.3) is 0 Å². The highest BCUT2D eigenvalue weighted by atomic mass is 14.9. The Morgan fingerprint density at radius 1 is 0.938 bits per heavy atom. The zero-order valence-corrected chi connectivity index (χ0v) is 19.7. The van der Waals surface area contributed by atoms with Crippen molar-refractivity contribution in [3.8, 4) is 22.4 Å². The zero-order chi connectivity index (χ0) is 24.0. The van der Waals surface area contributed by atoms with E-state index in [0.717, 1.165) is 22.0 Å². The van der Waals surface area contributed by atoms with Crippen molar-refractivity contribution in [2.75, 3.05) is 0 Å². The van der Waals surface area contributed by atoms with Gasteiger partial charge in [0, 0.05) is 6.04 Å². The third kappa shape index (κ3) is 3.75. The van der Waals surface area contributed by atoms with Crippen molar-refractivity contribution >= 4 is 10.8 Å². The van der Waals surface area contributed by atoms with Crippen LogP contribution in [0.2, 0.25) is 0 Å². The SMILES string of the molecule is [2H]c1c([2H])[n+](C)c(-c2cc(-c3ccccc3)cc(C(C)C)c2C)c2ccc(C3CCCC3)cc12. The first-order valence-electron chi connectivity index (χ1n) is 13.0. The van der Waals surface area contributed by atoms with E-state index in [1.807, 2.05) is 11.6 Å². The topological polar surface area (TPSA) is 3.88 Å². The number of fused-ring (bicyclic) bond motifs is 1. The summed E-state index contributed by atoms with van der Waals surface area (Å²) in [4.78, 5) is 0. The molecule has 0 bridgehead atoms. The lowest BCUT2D eigenvalue weighted by molar-refractivity contribution is -0.659. The van der Waals surface area contributed by atoms with Crippen LogP contribution in [0.4, 0.5) is 0 Å². The molecule has 0 saturated heterocycles. The maximum atomic E-state index is 8.80. The number of rotatable bonds is 4. The summed E-state index contributed by atoms with van der Waals surface area (Å²) in [6.45, 7) is 6.70. The standard InChI is InChI=1S/C31H34N/c1-21(2)29-19-27(24-10-6-5-7-11-24)20-30(22(29)3)31-28-15-14-25(23-12-8-9-13-23)18-26(28)16-17-32(31)4/h5-7,10-11,14-21,23H,8-9,12-13H2,1-4H3/q+1/i16D,17D. The molecule has 0 amide bonds. The predicted molar refractivity (Wildman–Crippen MR) is 136 cm³/mol. The minimum atomic E-state index is 0.265. The van der Waals surface area contributed by atoms with Gasteiger partial charge in [0.2, 0.25) is 5.69 Å². The van der Waals surface area contributed by atoms with Gasteiger partial charge in [-0.2, -0.15) is 0 Å². The van der Waals surface area contributed by atoms with Crippen LogP contribution in [-0.4, -0.2) is 0 Å². The van der Waals surface area contributed by atoms with Crippen molar-refractivity contribution in [1.82, 2.24) is 0 Å². The van der Waals surface area contributed by atoms with Gasteiger partial charge in [0.1, 0.15) is 8.42 Å². The second-order valence-corrected chi connectivity index (χ2v) is 9.69. The molecule has 1 heteroatoms. The van der Waals surface area contributed by atoms with Crippen molar-refractivity contribution in [2.45, 2.75) is 58.3 Å². The van der Waals surface area contributed by atoms with Crippen LogP contribution in [0.5, 0.6) is 0 Å². The average molecular weight is 423 g/mol. The van der Waals surface area contributed by atoms with Gasteiger partial charge in [0.05, 0.1) is 12.3 Å². The molecule has 1 heterocycles. The van der Waals surface area contributed by atoms with Crippen molar-refractivity contribution in [3.05, 3.63) is 89.6 Å². The van der Waals surface area contributed by atoms with E-state index < -0.39 is 0 Å². The summed E-state index contributed by atoms with van der Waals surface area (Å²) in [5, 5.41) is 1.96. The molecule has 32 heavy (non-hydrogen) atoms. The number of hydrogen-bond donors (Lipinski definition) is 0. The maximum Gasteiger partial charge on any atom is 0.220 e. The summed E-state index contributed by atoms with van der Waals surface area (Å²) >= 11 is 0. The molecule has 1 saturated carbocycles. The van der Waals surface area contributed by atoms with Crippen LogP contribution < -0.4 is 4.57 Å². The fourth-order valence-corrected chi connectivity index (χ4v) is 5.47. The Morgan fingerprint density at radius 2 is 1.69 bits per heavy atom. The van der Waals surface area contributed by atoms with Crippen LogP contribution in [0.1, 0.15) is 70.8 Å². The van der Waals surface area contributed by atoms with E-state index in [1.54, 1.807) is 0 Å². The fraction of sp³-hybridized carbons (Fsp3) is 0.323. The Bertz CT molecular complexity index is 1370. The summed E-state index contributed by atoms with van der Waals surface area (Å²) in [7, 11) is 1.93. The number of aromatic nitrogens is 1. The average Bonchev–Trinajstić information content (AvgIpc) is 3.39. The van der Waals surface area contributed by atoms with E-state index in [-0.39, 0.29) is 6.17 Å². The lowest BCUT2D eigenvalue weighted by atomic mass is 9.87. The molecule has 0 aliphatic heterocycles. The van der Waals surface area contributed by atoms with Crippen LogP contribution in [0.25, 0.3) is 33.2 Å². The smallest absolute Gasteiger partial charge is 0.200 e. The molecule has 1 aliphatic carbocycles. The first kappa shape index (κ1) is 18.6. The summed E-state index contributed by atoms with van der Waals surface area (Å²) in [5.74, 6) is 0.977. The van der Waals surface area contributed by atoms with Crippen molar-refractivity contribution in [3.63, 3.8) is 0 Å². The van der Waals surface area contributed by atoms with Gasteiger partial charge < -0.3 is 0 Å². The van der Waals surface area contributed by atoms with Crippen molar-refractivity contribution in [2.24, 2.45) is 7.05 Å². The van der Waals surface area contributed by atoms with Gasteiger partial charge in [-0.1, -0.05) is 75.2 Å². The first-order chi connectivity index (χ1) is 16.4. The molecule has 1 nitrogen and oxygen atoms in total. The largest absolute Gasteiger partial charge is 0.220 e. The summed E-state index contributed by atoms with van der Waals surface area (Å²) in [6.07, 6.45) is 5.31. The van der Waals surface area contributed by atoms with Gasteiger partial charge in [0.15, 0.2) is 6.17 Å². The molecule has 4 aromatic rings. The molecule has 0 spiro atoms. The maximum absolute atomic E-state index is 8.80. The second-order valence-electron chi connectivity index (χ2n) is 9.69. The van der Waals surface area contributed by atoms with Crippen LogP contribution in [0, 0.1) is 6.92 Å². The molecule has 3 aromatic carbocycles. The Morgan fingerprint density at radius 3 is 2.41 bits per heavy atom. The van der Waals surface area contributed by atoms with E-state index >= 15 is 0 Å². The molecule has 1 aromatic heterocycles. The molecular formula is C31H34N+. The fourth-order valence-electron chi connectivity index (χ4n) is 5.47. The molecule has 0 atom stereocenters. The highest BCUT2D eigenvalue weighted by Gasteiger charge is 2.23. The molecular weight excluding hydrogens is 386 g/mol. The van der Waals surface area contributed by atoms with Crippen LogP contribution in [0.3, 0.4) is 0 Å². The quantitative estimate of drug-likeness (QED) is 0.293.